The predicted molar refractivity (Wildman–Crippen MR) is 99.0 cm³/mol. The van der Waals surface area contributed by atoms with Crippen LogP contribution in [0.25, 0.3) is 0 Å². The first-order chi connectivity index (χ1) is 12.0. The molecular formula is C20H23NO3S. The molecule has 0 aromatic heterocycles. The molecule has 25 heavy (non-hydrogen) atoms. The van der Waals surface area contributed by atoms with Crippen LogP contribution in [0.3, 0.4) is 0 Å². The molecule has 1 unspecified atom stereocenters. The summed E-state index contributed by atoms with van der Waals surface area (Å²) in [7, 11) is -3.25. The number of aryl methyl sites for hydroxylation is 1. The molecule has 1 fully saturated rings. The van der Waals surface area contributed by atoms with E-state index in [0.29, 0.717) is 19.4 Å². The first-order valence-electron chi connectivity index (χ1n) is 8.55. The SMILES string of the molecule is Cc1cccc(CC(=O)N2CCC(c3ccccc3)S(=O)(=O)CC2)c1. The predicted octanol–water partition coefficient (Wildman–Crippen LogP) is 2.93. The first-order valence-corrected chi connectivity index (χ1v) is 10.3. The van der Waals surface area contributed by atoms with Crippen LogP contribution in [-0.4, -0.2) is 38.1 Å². The first kappa shape index (κ1) is 17.7. The standard InChI is InChI=1S/C20H23NO3S/c1-16-6-5-7-17(14-16)15-20(22)21-11-10-19(25(23,24)13-12-21)18-8-3-2-4-9-18/h2-9,14,19H,10-13,15H2,1H3. The van der Waals surface area contributed by atoms with Crippen LogP contribution in [0.1, 0.15) is 28.4 Å². The molecule has 1 heterocycles. The maximum Gasteiger partial charge on any atom is 0.227 e. The van der Waals surface area contributed by atoms with Crippen molar-refractivity contribution < 1.29 is 13.2 Å². The zero-order chi connectivity index (χ0) is 17.9. The minimum atomic E-state index is -3.25. The summed E-state index contributed by atoms with van der Waals surface area (Å²) < 4.78 is 25.3. The Kier molecular flexibility index (Phi) is 5.23. The average Bonchev–Trinajstić information content (AvgIpc) is 2.74. The average molecular weight is 357 g/mol. The van der Waals surface area contributed by atoms with Crippen molar-refractivity contribution in [1.29, 1.82) is 0 Å². The molecule has 4 nitrogen and oxygen atoms in total. The molecule has 1 atom stereocenters. The third-order valence-corrected chi connectivity index (χ3v) is 6.83. The Hall–Kier alpha value is -2.14. The summed E-state index contributed by atoms with van der Waals surface area (Å²) in [5.41, 5.74) is 2.90. The van der Waals surface area contributed by atoms with Crippen molar-refractivity contribution in [2.45, 2.75) is 25.0 Å². The second-order valence-electron chi connectivity index (χ2n) is 6.60. The zero-order valence-electron chi connectivity index (χ0n) is 14.4. The summed E-state index contributed by atoms with van der Waals surface area (Å²) >= 11 is 0. The second kappa shape index (κ2) is 7.40. The van der Waals surface area contributed by atoms with E-state index >= 15 is 0 Å². The second-order valence-corrected chi connectivity index (χ2v) is 8.90. The van der Waals surface area contributed by atoms with E-state index in [1.54, 1.807) is 4.90 Å². The van der Waals surface area contributed by atoms with Crippen LogP contribution >= 0.6 is 0 Å². The number of carbonyl (C=O) groups is 1. The van der Waals surface area contributed by atoms with Gasteiger partial charge in [-0.1, -0.05) is 60.2 Å². The lowest BCUT2D eigenvalue weighted by Gasteiger charge is -2.20. The molecule has 1 amide bonds. The number of rotatable bonds is 3. The Morgan fingerprint density at radius 2 is 1.84 bits per heavy atom. The van der Waals surface area contributed by atoms with Crippen molar-refractivity contribution in [3.63, 3.8) is 0 Å². The highest BCUT2D eigenvalue weighted by Gasteiger charge is 2.32. The smallest absolute Gasteiger partial charge is 0.227 e. The van der Waals surface area contributed by atoms with Gasteiger partial charge < -0.3 is 4.90 Å². The number of benzene rings is 2. The Balaban J connectivity index is 1.73. The molecule has 3 rings (SSSR count). The highest BCUT2D eigenvalue weighted by Crippen LogP contribution is 2.29. The highest BCUT2D eigenvalue weighted by molar-refractivity contribution is 7.91. The molecule has 0 spiro atoms. The Morgan fingerprint density at radius 3 is 2.56 bits per heavy atom. The Morgan fingerprint density at radius 1 is 1.08 bits per heavy atom. The van der Waals surface area contributed by atoms with Crippen molar-refractivity contribution in [1.82, 2.24) is 4.90 Å². The third-order valence-electron chi connectivity index (χ3n) is 4.70. The highest BCUT2D eigenvalue weighted by atomic mass is 32.2. The van der Waals surface area contributed by atoms with E-state index in [0.717, 1.165) is 16.7 Å². The maximum absolute atomic E-state index is 12.6. The van der Waals surface area contributed by atoms with Gasteiger partial charge in [-0.3, -0.25) is 4.79 Å². The molecule has 0 N–H and O–H groups in total. The van der Waals surface area contributed by atoms with E-state index in [-0.39, 0.29) is 18.2 Å². The summed E-state index contributed by atoms with van der Waals surface area (Å²) in [6, 6.07) is 17.2. The van der Waals surface area contributed by atoms with Crippen LogP contribution < -0.4 is 0 Å². The molecule has 0 aliphatic carbocycles. The van der Waals surface area contributed by atoms with Crippen LogP contribution in [0, 0.1) is 6.92 Å². The molecule has 0 radical (unpaired) electrons. The zero-order valence-corrected chi connectivity index (χ0v) is 15.2. The van der Waals surface area contributed by atoms with Crippen molar-refractivity contribution in [3.05, 3.63) is 71.3 Å². The molecule has 1 aliphatic rings. The van der Waals surface area contributed by atoms with Crippen LogP contribution in [0.4, 0.5) is 0 Å². The maximum atomic E-state index is 12.6. The quantitative estimate of drug-likeness (QED) is 0.849. The number of carbonyl (C=O) groups excluding carboxylic acids is 1. The van der Waals surface area contributed by atoms with Gasteiger partial charge in [0.25, 0.3) is 0 Å². The molecule has 0 saturated carbocycles. The van der Waals surface area contributed by atoms with E-state index in [1.165, 1.54) is 0 Å². The number of sulfone groups is 1. The topological polar surface area (TPSA) is 54.5 Å². The van der Waals surface area contributed by atoms with Gasteiger partial charge in [0.05, 0.1) is 17.4 Å². The van der Waals surface area contributed by atoms with Crippen LogP contribution in [-0.2, 0) is 21.1 Å². The van der Waals surface area contributed by atoms with Crippen LogP contribution in [0.15, 0.2) is 54.6 Å². The summed E-state index contributed by atoms with van der Waals surface area (Å²) in [5.74, 6) is 0.0149. The molecule has 1 saturated heterocycles. The molecule has 0 bridgehead atoms. The van der Waals surface area contributed by atoms with E-state index in [4.69, 9.17) is 0 Å². The van der Waals surface area contributed by atoms with Crippen molar-refractivity contribution in [2.75, 3.05) is 18.8 Å². The Bertz CT molecular complexity index is 846. The van der Waals surface area contributed by atoms with Crippen molar-refractivity contribution in [3.8, 4) is 0 Å². The number of amides is 1. The van der Waals surface area contributed by atoms with Crippen LogP contribution in [0.2, 0.25) is 0 Å². The lowest BCUT2D eigenvalue weighted by atomic mass is 10.1. The lowest BCUT2D eigenvalue weighted by Crippen LogP contribution is -2.34. The summed E-state index contributed by atoms with van der Waals surface area (Å²) in [6.45, 7) is 2.75. The largest absolute Gasteiger partial charge is 0.341 e. The van der Waals surface area contributed by atoms with Crippen molar-refractivity contribution in [2.24, 2.45) is 0 Å². The minimum absolute atomic E-state index is 0.00508. The summed E-state index contributed by atoms with van der Waals surface area (Å²) in [5, 5.41) is -0.523. The third kappa shape index (κ3) is 4.28. The number of nitrogens with zero attached hydrogens (tertiary/aromatic N) is 1. The van der Waals surface area contributed by atoms with Gasteiger partial charge in [0.15, 0.2) is 9.84 Å². The van der Waals surface area contributed by atoms with Gasteiger partial charge in [0.2, 0.25) is 5.91 Å². The van der Waals surface area contributed by atoms with E-state index < -0.39 is 15.1 Å². The molecule has 132 valence electrons. The Labute approximate surface area is 149 Å². The van der Waals surface area contributed by atoms with Gasteiger partial charge in [0.1, 0.15) is 0 Å². The monoisotopic (exact) mass is 357 g/mol. The number of hydrogen-bond donors (Lipinski definition) is 0. The van der Waals surface area contributed by atoms with Gasteiger partial charge in [-0.05, 0) is 24.5 Å². The van der Waals surface area contributed by atoms with Gasteiger partial charge in [-0.2, -0.15) is 0 Å². The summed E-state index contributed by atoms with van der Waals surface area (Å²) in [4.78, 5) is 14.3. The van der Waals surface area contributed by atoms with Gasteiger partial charge in [-0.15, -0.1) is 0 Å². The van der Waals surface area contributed by atoms with E-state index in [1.807, 2.05) is 61.5 Å². The van der Waals surface area contributed by atoms with E-state index in [2.05, 4.69) is 0 Å². The molecular weight excluding hydrogens is 334 g/mol. The van der Waals surface area contributed by atoms with Crippen molar-refractivity contribution >= 4 is 15.7 Å². The van der Waals surface area contributed by atoms with Gasteiger partial charge >= 0.3 is 0 Å². The fraction of sp³-hybridized carbons (Fsp3) is 0.350. The molecule has 1 aliphatic heterocycles. The van der Waals surface area contributed by atoms with E-state index in [9.17, 15) is 13.2 Å². The van der Waals surface area contributed by atoms with Crippen LogP contribution in [0.5, 0.6) is 0 Å². The summed E-state index contributed by atoms with van der Waals surface area (Å²) in [6.07, 6.45) is 0.767. The van der Waals surface area contributed by atoms with Gasteiger partial charge in [0, 0.05) is 13.1 Å². The molecule has 2 aromatic rings. The fourth-order valence-electron chi connectivity index (χ4n) is 3.34. The molecule has 2 aromatic carbocycles. The number of hydrogen-bond acceptors (Lipinski definition) is 3. The fourth-order valence-corrected chi connectivity index (χ4v) is 5.14. The lowest BCUT2D eigenvalue weighted by molar-refractivity contribution is -0.130. The van der Waals surface area contributed by atoms with Gasteiger partial charge in [-0.25, -0.2) is 8.42 Å². The normalized spacial score (nSPS) is 20.0. The minimum Gasteiger partial charge on any atom is -0.341 e. The molecule has 5 heteroatoms.